The maximum absolute atomic E-state index is 11.9. The molecule has 1 aromatic heterocycles. The summed E-state index contributed by atoms with van der Waals surface area (Å²) in [5.74, 6) is 0.290. The fourth-order valence-corrected chi connectivity index (χ4v) is 3.18. The van der Waals surface area contributed by atoms with Gasteiger partial charge in [-0.2, -0.15) is 0 Å². The number of hydrogen-bond acceptors (Lipinski definition) is 4. The van der Waals surface area contributed by atoms with Crippen molar-refractivity contribution in [1.29, 1.82) is 0 Å². The first-order valence-corrected chi connectivity index (χ1v) is 7.47. The highest BCUT2D eigenvalue weighted by atomic mass is 32.1. The largest absolute Gasteiger partial charge is 0.355 e. The van der Waals surface area contributed by atoms with Crippen molar-refractivity contribution in [2.45, 2.75) is 45.1 Å². The normalized spacial score (nSPS) is 23.2. The van der Waals surface area contributed by atoms with E-state index in [-0.39, 0.29) is 17.9 Å². The number of aromatic nitrogens is 1. The fourth-order valence-electron chi connectivity index (χ4n) is 2.32. The van der Waals surface area contributed by atoms with Gasteiger partial charge in [-0.1, -0.05) is 6.92 Å². The van der Waals surface area contributed by atoms with E-state index in [4.69, 9.17) is 5.73 Å². The SMILES string of the molecule is CCc1cnc(CCNC(=O)C2CCC(N)C2)s1. The topological polar surface area (TPSA) is 68.0 Å². The third-order valence-electron chi connectivity index (χ3n) is 3.43. The lowest BCUT2D eigenvalue weighted by molar-refractivity contribution is -0.124. The monoisotopic (exact) mass is 267 g/mol. The van der Waals surface area contributed by atoms with E-state index in [0.717, 1.165) is 37.1 Å². The zero-order chi connectivity index (χ0) is 13.0. The number of nitrogens with zero attached hydrogens (tertiary/aromatic N) is 1. The first-order chi connectivity index (χ1) is 8.69. The summed E-state index contributed by atoms with van der Waals surface area (Å²) >= 11 is 1.73. The van der Waals surface area contributed by atoms with Gasteiger partial charge in [-0.3, -0.25) is 4.79 Å². The van der Waals surface area contributed by atoms with Crippen molar-refractivity contribution in [3.63, 3.8) is 0 Å². The summed E-state index contributed by atoms with van der Waals surface area (Å²) in [6, 6.07) is 0.215. The van der Waals surface area contributed by atoms with Crippen molar-refractivity contribution in [3.05, 3.63) is 16.1 Å². The summed E-state index contributed by atoms with van der Waals surface area (Å²) in [5.41, 5.74) is 5.81. The van der Waals surface area contributed by atoms with E-state index >= 15 is 0 Å². The molecule has 1 aliphatic rings. The first kappa shape index (κ1) is 13.5. The molecule has 0 spiro atoms. The molecule has 2 atom stereocenters. The molecule has 1 aliphatic carbocycles. The Balaban J connectivity index is 1.70. The maximum atomic E-state index is 11.9. The van der Waals surface area contributed by atoms with Crippen molar-refractivity contribution >= 4 is 17.2 Å². The Morgan fingerprint density at radius 1 is 1.61 bits per heavy atom. The van der Waals surface area contributed by atoms with Crippen LogP contribution in [0, 0.1) is 5.92 Å². The van der Waals surface area contributed by atoms with Crippen LogP contribution in [0.4, 0.5) is 0 Å². The highest BCUT2D eigenvalue weighted by Gasteiger charge is 2.27. The van der Waals surface area contributed by atoms with E-state index in [1.165, 1.54) is 4.88 Å². The van der Waals surface area contributed by atoms with Crippen LogP contribution >= 0.6 is 11.3 Å². The molecular formula is C13H21N3OS. The quantitative estimate of drug-likeness (QED) is 0.849. The second kappa shape index (κ2) is 6.29. The van der Waals surface area contributed by atoms with Gasteiger partial charge >= 0.3 is 0 Å². The fraction of sp³-hybridized carbons (Fsp3) is 0.692. The van der Waals surface area contributed by atoms with Crippen molar-refractivity contribution in [2.75, 3.05) is 6.54 Å². The Morgan fingerprint density at radius 2 is 2.44 bits per heavy atom. The van der Waals surface area contributed by atoms with Gasteiger partial charge in [0.1, 0.15) is 0 Å². The summed E-state index contributed by atoms with van der Waals surface area (Å²) in [4.78, 5) is 17.5. The number of carbonyl (C=O) groups excluding carboxylic acids is 1. The molecule has 100 valence electrons. The standard InChI is InChI=1S/C13H21N3OS/c1-2-11-8-16-12(18-11)5-6-15-13(17)9-3-4-10(14)7-9/h8-10H,2-7,14H2,1H3,(H,15,17). The molecule has 1 aromatic rings. The average Bonchev–Trinajstić information content (AvgIpc) is 2.98. The molecule has 1 saturated carbocycles. The average molecular weight is 267 g/mol. The van der Waals surface area contributed by atoms with Crippen molar-refractivity contribution in [3.8, 4) is 0 Å². The number of nitrogens with one attached hydrogen (secondary N) is 1. The number of aryl methyl sites for hydroxylation is 1. The van der Waals surface area contributed by atoms with Gasteiger partial charge in [-0.05, 0) is 25.7 Å². The van der Waals surface area contributed by atoms with Crippen molar-refractivity contribution in [1.82, 2.24) is 10.3 Å². The van der Waals surface area contributed by atoms with Crippen LogP contribution in [-0.4, -0.2) is 23.5 Å². The molecule has 1 amide bonds. The molecule has 2 rings (SSSR count). The van der Waals surface area contributed by atoms with Gasteiger partial charge < -0.3 is 11.1 Å². The van der Waals surface area contributed by atoms with E-state index in [2.05, 4.69) is 17.2 Å². The Kier molecular flexibility index (Phi) is 4.72. The minimum Gasteiger partial charge on any atom is -0.355 e. The van der Waals surface area contributed by atoms with E-state index in [1.807, 2.05) is 6.20 Å². The minimum atomic E-state index is 0.127. The lowest BCUT2D eigenvalue weighted by atomic mass is 10.1. The second-order valence-corrected chi connectivity index (χ2v) is 6.08. The Labute approximate surface area is 112 Å². The molecule has 5 heteroatoms. The van der Waals surface area contributed by atoms with Gasteiger partial charge in [-0.25, -0.2) is 4.98 Å². The first-order valence-electron chi connectivity index (χ1n) is 6.66. The molecule has 0 bridgehead atoms. The molecular weight excluding hydrogens is 246 g/mol. The summed E-state index contributed by atoms with van der Waals surface area (Å²) in [7, 11) is 0. The van der Waals surface area contributed by atoms with Crippen LogP contribution in [-0.2, 0) is 17.6 Å². The Bertz CT molecular complexity index is 405. The predicted molar refractivity (Wildman–Crippen MR) is 73.5 cm³/mol. The molecule has 0 radical (unpaired) electrons. The van der Waals surface area contributed by atoms with Gasteiger partial charge in [0.05, 0.1) is 5.01 Å². The summed E-state index contributed by atoms with van der Waals surface area (Å²) < 4.78 is 0. The number of hydrogen-bond donors (Lipinski definition) is 2. The van der Waals surface area contributed by atoms with Crippen LogP contribution in [0.3, 0.4) is 0 Å². The summed E-state index contributed by atoms with van der Waals surface area (Å²) in [6.07, 6.45) is 6.54. The zero-order valence-electron chi connectivity index (χ0n) is 10.8. The van der Waals surface area contributed by atoms with Crippen LogP contribution in [0.25, 0.3) is 0 Å². The number of thiazole rings is 1. The van der Waals surface area contributed by atoms with E-state index in [0.29, 0.717) is 6.54 Å². The number of nitrogens with two attached hydrogens (primary N) is 1. The molecule has 0 saturated heterocycles. The van der Waals surface area contributed by atoms with Crippen LogP contribution in [0.1, 0.15) is 36.1 Å². The molecule has 4 nitrogen and oxygen atoms in total. The van der Waals surface area contributed by atoms with E-state index in [1.54, 1.807) is 11.3 Å². The lowest BCUT2D eigenvalue weighted by Crippen LogP contribution is -2.31. The molecule has 0 aromatic carbocycles. The molecule has 2 unspecified atom stereocenters. The van der Waals surface area contributed by atoms with E-state index < -0.39 is 0 Å². The maximum Gasteiger partial charge on any atom is 0.223 e. The van der Waals surface area contributed by atoms with Gasteiger partial charge in [-0.15, -0.1) is 11.3 Å². The highest BCUT2D eigenvalue weighted by Crippen LogP contribution is 2.24. The number of rotatable bonds is 5. The molecule has 0 aliphatic heterocycles. The molecule has 1 heterocycles. The zero-order valence-corrected chi connectivity index (χ0v) is 11.6. The summed E-state index contributed by atoms with van der Waals surface area (Å²) in [5, 5.41) is 4.10. The predicted octanol–water partition coefficient (Wildman–Crippen LogP) is 1.49. The smallest absolute Gasteiger partial charge is 0.223 e. The summed E-state index contributed by atoms with van der Waals surface area (Å²) in [6.45, 7) is 2.81. The molecule has 3 N–H and O–H groups in total. The third kappa shape index (κ3) is 3.53. The number of carbonyl (C=O) groups is 1. The molecule has 18 heavy (non-hydrogen) atoms. The van der Waals surface area contributed by atoms with Gasteiger partial charge in [0.25, 0.3) is 0 Å². The molecule has 1 fully saturated rings. The minimum absolute atomic E-state index is 0.127. The van der Waals surface area contributed by atoms with Gasteiger partial charge in [0, 0.05) is 36.0 Å². The Morgan fingerprint density at radius 3 is 3.06 bits per heavy atom. The van der Waals surface area contributed by atoms with Gasteiger partial charge in [0.2, 0.25) is 5.91 Å². The Hall–Kier alpha value is -0.940. The van der Waals surface area contributed by atoms with Crippen LogP contribution in [0.15, 0.2) is 6.20 Å². The lowest BCUT2D eigenvalue weighted by Gasteiger charge is -2.09. The van der Waals surface area contributed by atoms with Crippen molar-refractivity contribution in [2.24, 2.45) is 11.7 Å². The van der Waals surface area contributed by atoms with Crippen LogP contribution in [0.5, 0.6) is 0 Å². The number of amides is 1. The van der Waals surface area contributed by atoms with Gasteiger partial charge in [0.15, 0.2) is 0 Å². The van der Waals surface area contributed by atoms with Crippen LogP contribution < -0.4 is 11.1 Å². The van der Waals surface area contributed by atoms with Crippen molar-refractivity contribution < 1.29 is 4.79 Å². The van der Waals surface area contributed by atoms with E-state index in [9.17, 15) is 4.79 Å². The highest BCUT2D eigenvalue weighted by molar-refractivity contribution is 7.11. The van der Waals surface area contributed by atoms with Crippen LogP contribution in [0.2, 0.25) is 0 Å². The second-order valence-electron chi connectivity index (χ2n) is 4.88. The third-order valence-corrected chi connectivity index (χ3v) is 4.63.